The predicted molar refractivity (Wildman–Crippen MR) is 142 cm³/mol. The lowest BCUT2D eigenvalue weighted by Crippen LogP contribution is -2.12. The van der Waals surface area contributed by atoms with Crippen LogP contribution < -0.4 is 4.90 Å². The van der Waals surface area contributed by atoms with Gasteiger partial charge in [0.15, 0.2) is 11.6 Å². The van der Waals surface area contributed by atoms with Gasteiger partial charge in [-0.05, 0) is 48.5 Å². The number of benzene rings is 3. The summed E-state index contributed by atoms with van der Waals surface area (Å²) in [4.78, 5) is 10.6. The summed E-state index contributed by atoms with van der Waals surface area (Å²) in [6, 6.07) is 25.1. The van der Waals surface area contributed by atoms with E-state index in [9.17, 15) is 9.50 Å². The lowest BCUT2D eigenvalue weighted by Gasteiger charge is -2.25. The Kier molecular flexibility index (Phi) is 10.7. The van der Waals surface area contributed by atoms with Gasteiger partial charge in [0.2, 0.25) is 0 Å². The molecule has 0 unspecified atom stereocenters. The topological polar surface area (TPSA) is 48.7 Å². The molecule has 0 radical (unpaired) electrons. The molecule has 0 saturated carbocycles. The number of aliphatic imine (C=N–C) groups is 1. The molecule has 0 bridgehead atoms. The molecule has 0 aliphatic rings. The van der Waals surface area contributed by atoms with Gasteiger partial charge < -0.3 is 5.11 Å². The van der Waals surface area contributed by atoms with E-state index in [4.69, 9.17) is 11.6 Å². The van der Waals surface area contributed by atoms with Crippen LogP contribution in [0, 0.1) is 5.82 Å². The van der Waals surface area contributed by atoms with Crippen molar-refractivity contribution in [1.29, 1.82) is 0 Å². The molecule has 0 saturated heterocycles. The Morgan fingerprint density at radius 2 is 1.41 bits per heavy atom. The number of anilines is 3. The summed E-state index contributed by atoms with van der Waals surface area (Å²) in [7, 11) is 0. The average molecular weight is 478 g/mol. The zero-order valence-corrected chi connectivity index (χ0v) is 20.5. The maximum Gasteiger partial charge on any atom is 0.180 e. The Balaban J connectivity index is 0.000000970. The Labute approximate surface area is 206 Å². The first kappa shape index (κ1) is 26.6. The highest BCUT2D eigenvalue weighted by Crippen LogP contribution is 2.38. The molecule has 6 heteroatoms. The number of aromatic hydroxyl groups is 1. The molecule has 1 heterocycles. The molecule has 1 aromatic heterocycles. The first-order valence-corrected chi connectivity index (χ1v) is 11.6. The van der Waals surface area contributed by atoms with Crippen LogP contribution in [0.4, 0.5) is 27.3 Å². The van der Waals surface area contributed by atoms with Gasteiger partial charge in [0.05, 0.1) is 10.7 Å². The summed E-state index contributed by atoms with van der Waals surface area (Å²) in [6.07, 6.45) is 3.10. The van der Waals surface area contributed by atoms with Crippen LogP contribution in [0.2, 0.25) is 5.02 Å². The van der Waals surface area contributed by atoms with Crippen LogP contribution in [0.25, 0.3) is 0 Å². The number of halogens is 2. The zero-order valence-electron chi connectivity index (χ0n) is 19.8. The van der Waals surface area contributed by atoms with Gasteiger partial charge in [-0.1, -0.05) is 75.7 Å². The predicted octanol–water partition coefficient (Wildman–Crippen LogP) is 8.85. The molecule has 3 aromatic carbocycles. The second-order valence-corrected chi connectivity index (χ2v) is 6.84. The van der Waals surface area contributed by atoms with Crippen molar-refractivity contribution in [3.63, 3.8) is 0 Å². The minimum absolute atomic E-state index is 0.0105. The average Bonchev–Trinajstić information content (AvgIpc) is 2.90. The molecular formula is C28H29ClFN3O. The molecule has 0 amide bonds. The summed E-state index contributed by atoms with van der Waals surface area (Å²) in [5.74, 6) is -0.165. The van der Waals surface area contributed by atoms with Crippen molar-refractivity contribution in [3.8, 4) is 5.75 Å². The normalized spacial score (nSPS) is 10.1. The second-order valence-electron chi connectivity index (χ2n) is 6.44. The third-order valence-corrected chi connectivity index (χ3v) is 4.72. The molecule has 0 spiro atoms. The van der Waals surface area contributed by atoms with Crippen LogP contribution in [0.5, 0.6) is 5.75 Å². The lowest BCUT2D eigenvalue weighted by molar-refractivity contribution is 0.473. The quantitative estimate of drug-likeness (QED) is 0.292. The number of para-hydroxylation sites is 2. The monoisotopic (exact) mass is 477 g/mol. The largest absolute Gasteiger partial charge is 0.504 e. The van der Waals surface area contributed by atoms with E-state index in [1.807, 2.05) is 93.3 Å². The van der Waals surface area contributed by atoms with Gasteiger partial charge in [0, 0.05) is 29.3 Å². The first-order chi connectivity index (χ1) is 16.6. The highest BCUT2D eigenvalue weighted by Gasteiger charge is 2.18. The third-order valence-electron chi connectivity index (χ3n) is 4.43. The highest BCUT2D eigenvalue weighted by molar-refractivity contribution is 6.31. The minimum Gasteiger partial charge on any atom is -0.504 e. The third kappa shape index (κ3) is 6.65. The minimum atomic E-state index is -0.508. The summed E-state index contributed by atoms with van der Waals surface area (Å²) in [5, 5.41) is 11.0. The molecule has 0 aliphatic carbocycles. The molecule has 4 nitrogen and oxygen atoms in total. The molecule has 1 N–H and O–H groups in total. The summed E-state index contributed by atoms with van der Waals surface area (Å²) in [6.45, 7) is 8.00. The van der Waals surface area contributed by atoms with Gasteiger partial charge in [-0.2, -0.15) is 0 Å². The fourth-order valence-electron chi connectivity index (χ4n) is 2.98. The summed E-state index contributed by atoms with van der Waals surface area (Å²) < 4.78 is 13.4. The SMILES string of the molecule is CC.CC.Oc1c(C=Nc2ccc(F)c(Cl)c2)ccnc1N(c1ccccc1)c1ccccc1. The zero-order chi connectivity index (χ0) is 24.9. The van der Waals surface area contributed by atoms with Gasteiger partial charge in [-0.25, -0.2) is 9.37 Å². The number of hydrogen-bond acceptors (Lipinski definition) is 4. The van der Waals surface area contributed by atoms with E-state index in [0.717, 1.165) is 11.4 Å². The van der Waals surface area contributed by atoms with Crippen LogP contribution in [0.15, 0.2) is 96.1 Å². The summed E-state index contributed by atoms with van der Waals surface area (Å²) >= 11 is 5.81. The molecule has 34 heavy (non-hydrogen) atoms. The van der Waals surface area contributed by atoms with Crippen LogP contribution in [-0.2, 0) is 0 Å². The molecular weight excluding hydrogens is 449 g/mol. The van der Waals surface area contributed by atoms with Crippen LogP contribution in [0.3, 0.4) is 0 Å². The van der Waals surface area contributed by atoms with E-state index in [0.29, 0.717) is 17.1 Å². The second kappa shape index (κ2) is 13.8. The Morgan fingerprint density at radius 1 is 0.853 bits per heavy atom. The van der Waals surface area contributed by atoms with E-state index in [1.165, 1.54) is 24.4 Å². The fraction of sp³-hybridized carbons (Fsp3) is 0.143. The van der Waals surface area contributed by atoms with Gasteiger partial charge in [-0.3, -0.25) is 9.89 Å². The lowest BCUT2D eigenvalue weighted by atomic mass is 10.2. The number of aromatic nitrogens is 1. The number of rotatable bonds is 5. The molecule has 4 rings (SSSR count). The standard InChI is InChI=1S/C24H17ClFN3O.2C2H6/c25-21-15-18(11-12-22(21)26)28-16-17-13-14-27-24(23(17)30)29(19-7-3-1-4-8-19)20-9-5-2-6-10-20;2*1-2/h1-16,30H;2*1-2H3. The Morgan fingerprint density at radius 3 is 1.94 bits per heavy atom. The molecule has 0 fully saturated rings. The van der Waals surface area contributed by atoms with Crippen LogP contribution >= 0.6 is 11.6 Å². The van der Waals surface area contributed by atoms with Gasteiger partial charge in [0.1, 0.15) is 5.82 Å². The molecule has 0 atom stereocenters. The van der Waals surface area contributed by atoms with Crippen molar-refractivity contribution < 1.29 is 9.50 Å². The van der Waals surface area contributed by atoms with Crippen molar-refractivity contribution in [3.05, 3.63) is 108 Å². The van der Waals surface area contributed by atoms with Crippen molar-refractivity contribution in [2.75, 3.05) is 4.90 Å². The maximum atomic E-state index is 13.4. The van der Waals surface area contributed by atoms with E-state index >= 15 is 0 Å². The van der Waals surface area contributed by atoms with Crippen molar-refractivity contribution in [1.82, 2.24) is 4.98 Å². The summed E-state index contributed by atoms with van der Waals surface area (Å²) in [5.41, 5.74) is 2.65. The number of hydrogen-bond donors (Lipinski definition) is 1. The maximum absolute atomic E-state index is 13.4. The molecule has 4 aromatic rings. The highest BCUT2D eigenvalue weighted by atomic mass is 35.5. The van der Waals surface area contributed by atoms with E-state index in [-0.39, 0.29) is 10.8 Å². The van der Waals surface area contributed by atoms with Crippen molar-refractivity contribution >= 4 is 40.7 Å². The van der Waals surface area contributed by atoms with E-state index in [1.54, 1.807) is 12.3 Å². The van der Waals surface area contributed by atoms with E-state index in [2.05, 4.69) is 9.98 Å². The Hall–Kier alpha value is -3.70. The van der Waals surface area contributed by atoms with Crippen LogP contribution in [0.1, 0.15) is 33.3 Å². The molecule has 0 aliphatic heterocycles. The first-order valence-electron chi connectivity index (χ1n) is 11.2. The van der Waals surface area contributed by atoms with Crippen molar-refractivity contribution in [2.45, 2.75) is 27.7 Å². The number of pyridine rings is 1. The van der Waals surface area contributed by atoms with Crippen molar-refractivity contribution in [2.24, 2.45) is 4.99 Å². The van der Waals surface area contributed by atoms with Gasteiger partial charge in [0.25, 0.3) is 0 Å². The van der Waals surface area contributed by atoms with E-state index < -0.39 is 5.82 Å². The van der Waals surface area contributed by atoms with Crippen LogP contribution in [-0.4, -0.2) is 16.3 Å². The number of nitrogens with zero attached hydrogens (tertiary/aromatic N) is 3. The van der Waals surface area contributed by atoms with Gasteiger partial charge >= 0.3 is 0 Å². The van der Waals surface area contributed by atoms with Gasteiger partial charge in [-0.15, -0.1) is 0 Å². The smallest absolute Gasteiger partial charge is 0.180 e. The Bertz CT molecular complexity index is 1150. The molecule has 176 valence electrons. The fourth-order valence-corrected chi connectivity index (χ4v) is 3.16.